The third-order valence-electron chi connectivity index (χ3n) is 14.1. The number of carbonyl (C=O) groups excluding carboxylic acids is 9. The van der Waals surface area contributed by atoms with E-state index in [1.165, 1.54) is 76.9 Å². The minimum absolute atomic E-state index is 0.00828. The molecule has 0 aromatic heterocycles. The lowest BCUT2D eigenvalue weighted by Crippen LogP contribution is -2.24. The maximum Gasteiger partial charge on any atom is 0.280 e. The molecule has 31 nitrogen and oxygen atoms in total. The molecule has 27 N–H and O–H groups in total. The maximum absolute atomic E-state index is 11.3. The van der Waals surface area contributed by atoms with E-state index in [4.69, 9.17) is 84.2 Å². The Morgan fingerprint density at radius 3 is 1.25 bits per heavy atom. The summed E-state index contributed by atoms with van der Waals surface area (Å²) in [6.45, 7) is 16.9. The number of hydrogen-bond acceptors (Lipinski definition) is 18. The third-order valence-corrected chi connectivity index (χ3v) is 14.1. The van der Waals surface area contributed by atoms with Crippen LogP contribution >= 0.6 is 0 Å². The molecule has 0 aliphatic heterocycles. The summed E-state index contributed by atoms with van der Waals surface area (Å²) in [5, 5.41) is 23.7. The number of aryl methyl sites for hydroxylation is 1. The minimum atomic E-state index is -0.523. The zero-order valence-corrected chi connectivity index (χ0v) is 64.9. The van der Waals surface area contributed by atoms with Gasteiger partial charge < -0.3 is 84.1 Å². The van der Waals surface area contributed by atoms with Crippen LogP contribution in [0.1, 0.15) is 165 Å². The zero-order valence-electron chi connectivity index (χ0n) is 64.9. The fourth-order valence-corrected chi connectivity index (χ4v) is 8.29. The van der Waals surface area contributed by atoms with E-state index in [2.05, 4.69) is 53.6 Å². The number of nitrogen functional groups attached to an aromatic ring is 1. The van der Waals surface area contributed by atoms with Crippen molar-refractivity contribution in [2.75, 3.05) is 33.3 Å². The van der Waals surface area contributed by atoms with E-state index in [1.54, 1.807) is 104 Å². The normalized spacial score (nSPS) is 9.68. The summed E-state index contributed by atoms with van der Waals surface area (Å²) >= 11 is 0. The molecule has 0 radical (unpaired) electrons. The Labute approximate surface area is 652 Å². The largest absolute Gasteiger partial charge is 0.486 e. The number of oxime groups is 1. The molecule has 596 valence electrons. The highest BCUT2D eigenvalue weighted by Gasteiger charge is 2.08. The maximum atomic E-state index is 11.3. The van der Waals surface area contributed by atoms with Gasteiger partial charge in [-0.2, -0.15) is 4.99 Å². The summed E-state index contributed by atoms with van der Waals surface area (Å²) in [6, 6.07) is 55.1. The summed E-state index contributed by atoms with van der Waals surface area (Å²) in [7, 11) is 1.93. The molecular formula is C81H106N20O11. The van der Waals surface area contributed by atoms with E-state index < -0.39 is 5.91 Å². The summed E-state index contributed by atoms with van der Waals surface area (Å²) in [4.78, 5) is 116. The van der Waals surface area contributed by atoms with Crippen LogP contribution in [0.25, 0.3) is 10.8 Å². The summed E-state index contributed by atoms with van der Waals surface area (Å²) < 4.78 is 5.17. The van der Waals surface area contributed by atoms with E-state index >= 15 is 0 Å². The van der Waals surface area contributed by atoms with Crippen LogP contribution in [0.4, 0.5) is 5.69 Å². The first kappa shape index (κ1) is 97.9. The van der Waals surface area contributed by atoms with Gasteiger partial charge in [-0.3, -0.25) is 58.5 Å². The first-order valence-corrected chi connectivity index (χ1v) is 34.4. The summed E-state index contributed by atoms with van der Waals surface area (Å²) in [5.41, 5.74) is 70.3. The lowest BCUT2D eigenvalue weighted by atomic mass is 10.0. The molecule has 8 rings (SSSR count). The molecule has 0 saturated heterocycles. The Balaban J connectivity index is 0.00000124. The van der Waals surface area contributed by atoms with Gasteiger partial charge in [0.2, 0.25) is 0 Å². The Morgan fingerprint density at radius 2 is 0.848 bits per heavy atom. The van der Waals surface area contributed by atoms with Gasteiger partial charge in [-0.15, -0.1) is 0 Å². The molecule has 0 fully saturated rings. The number of amides is 1. The molecule has 0 bridgehead atoms. The second-order valence-corrected chi connectivity index (χ2v) is 24.0. The minimum Gasteiger partial charge on any atom is -0.486 e. The standard InChI is InChI=1S/C13H12O.C10H11N3O2.C10H13N3O.C10H12O2.C9H11N3O.C9H10N2O2.C9H10N2O.C6H16N4.C5H11N3O/c1-10(14)9-12-7-4-6-11-5-2-3-8-13(11)12;1-6(14)7-2-4-8(5-3-7)9(15)13-10(11)12;1-7(14)9-4-2-8(3-5-9)6-13-10(11)12;1-8-3-5-10(6-4-8)12-7-9(2)11;1-6(13)7-2-4-8(5-3-7)12-9(10)11;1-6(12)7-2-4-8(5-3-7)9(10)11-13;1-6(12)7-2-4-8(5-3-7)9(10)11;1-9-4-2-3-5-10-6(7)8;1-4(9)2-3-8-5(6)7/h2-8H,9H2,1H3;2-5H,1H3,(H4,11,12,13,15);2-5H,6H2,1H3,(H4,11,12,13);3-6H,7H2,1-2H3;2-5H,1H3,(H4,10,11,12);2-5,13H,1H3,(H2,10,11);2-5H,1H3,(H3,10,11);9H,2-5H2,1H3,(H4,7,8,10);2-3H2,1H3,(H4,6,7,8). The first-order valence-electron chi connectivity index (χ1n) is 34.4. The van der Waals surface area contributed by atoms with Gasteiger partial charge in [0.25, 0.3) is 5.91 Å². The van der Waals surface area contributed by atoms with Gasteiger partial charge in [-0.1, -0.05) is 150 Å². The van der Waals surface area contributed by atoms with E-state index in [0.29, 0.717) is 76.1 Å². The number of hydrogen-bond donors (Lipinski definition) is 15. The molecule has 0 saturated carbocycles. The average molecular weight is 1540 g/mol. The van der Waals surface area contributed by atoms with Gasteiger partial charge in [-0.05, 0) is 159 Å². The fourth-order valence-electron chi connectivity index (χ4n) is 8.29. The van der Waals surface area contributed by atoms with Gasteiger partial charge in [0.05, 0.1) is 12.2 Å². The Kier molecular flexibility index (Phi) is 48.4. The zero-order chi connectivity index (χ0) is 84.8. The topological polar surface area (TPSA) is 605 Å². The molecule has 1 amide bonds. The van der Waals surface area contributed by atoms with E-state index in [-0.39, 0.29) is 94.3 Å². The lowest BCUT2D eigenvalue weighted by molar-refractivity contribution is -0.119. The Bertz CT molecular complexity index is 4470. The van der Waals surface area contributed by atoms with E-state index in [1.807, 2.05) is 74.6 Å². The van der Waals surface area contributed by atoms with Crippen LogP contribution < -0.4 is 78.9 Å². The van der Waals surface area contributed by atoms with Crippen LogP contribution in [0.15, 0.2) is 218 Å². The van der Waals surface area contributed by atoms with Gasteiger partial charge in [-0.25, -0.2) is 9.98 Å². The molecule has 31 heteroatoms. The van der Waals surface area contributed by atoms with Crippen molar-refractivity contribution in [2.45, 2.75) is 94.5 Å². The molecule has 0 aliphatic carbocycles. The van der Waals surface area contributed by atoms with Crippen molar-refractivity contribution in [2.24, 2.45) is 98.9 Å². The van der Waals surface area contributed by atoms with E-state index in [9.17, 15) is 43.2 Å². The van der Waals surface area contributed by atoms with Crippen molar-refractivity contribution < 1.29 is 53.1 Å². The lowest BCUT2D eigenvalue weighted by Gasteiger charge is -2.03. The molecule has 0 spiro atoms. The molecule has 0 heterocycles. The number of ether oxygens (including phenoxy) is 1. The Hall–Kier alpha value is -14.1. The van der Waals surface area contributed by atoms with Crippen molar-refractivity contribution in [3.8, 4) is 5.75 Å². The highest BCUT2D eigenvalue weighted by Crippen LogP contribution is 2.19. The predicted molar refractivity (Wildman–Crippen MR) is 446 cm³/mol. The van der Waals surface area contributed by atoms with Crippen molar-refractivity contribution in [1.29, 1.82) is 5.41 Å². The summed E-state index contributed by atoms with van der Waals surface area (Å²) in [6.07, 6.45) is 3.10. The van der Waals surface area contributed by atoms with Crippen LogP contribution in [-0.4, -0.2) is 132 Å². The quantitative estimate of drug-likeness (QED) is 0.00702. The number of Topliss-reactive ketones (excluding diaryl/α,β-unsaturated/α-hetero) is 8. The van der Waals surface area contributed by atoms with Crippen LogP contribution in [0.5, 0.6) is 5.75 Å². The van der Waals surface area contributed by atoms with Crippen molar-refractivity contribution in [3.63, 3.8) is 0 Å². The average Bonchev–Trinajstić information content (AvgIpc) is 0.859. The molecule has 112 heavy (non-hydrogen) atoms. The first-order chi connectivity index (χ1) is 52.8. The highest BCUT2D eigenvalue weighted by molar-refractivity contribution is 6.03. The number of benzene rings is 8. The number of ketones is 8. The number of nitrogens with two attached hydrogens (primary N) is 12. The van der Waals surface area contributed by atoms with Crippen molar-refractivity contribution in [1.82, 2.24) is 5.32 Å². The van der Waals surface area contributed by atoms with Crippen LogP contribution in [0.3, 0.4) is 0 Å². The van der Waals surface area contributed by atoms with Gasteiger partial charge >= 0.3 is 0 Å². The van der Waals surface area contributed by atoms with Gasteiger partial charge in [0.1, 0.15) is 29.8 Å². The van der Waals surface area contributed by atoms with Crippen molar-refractivity contribution in [3.05, 3.63) is 249 Å². The second-order valence-electron chi connectivity index (χ2n) is 24.0. The number of fused-ring (bicyclic) bond motifs is 1. The molecule has 0 atom stereocenters. The monoisotopic (exact) mass is 1530 g/mol. The van der Waals surface area contributed by atoms with Crippen LogP contribution in [0, 0.1) is 12.3 Å². The van der Waals surface area contributed by atoms with Crippen LogP contribution in [-0.2, 0) is 27.3 Å². The van der Waals surface area contributed by atoms with Crippen LogP contribution in [0.2, 0.25) is 0 Å². The SMILES string of the molecule is CC(=O)CCN=C(N)N.CC(=O)COc1ccc(C)cc1.CC(=O)Cc1cccc2ccccc12.CC(=O)c1ccc(/C(N)=N/O)cc1.CC(=O)c1ccc(C(=N)N)cc1.CC(=O)c1ccc(C(=O)N=C(N)N)cc1.CC(=O)c1ccc(CN=C(N)N)cc1.CC(=O)c1ccc(N=C(N)N)cc1.CNCCCCN=C(N)N. The third kappa shape index (κ3) is 46.8. The van der Waals surface area contributed by atoms with Gasteiger partial charge in [0, 0.05) is 70.4 Å². The number of rotatable bonds is 24. The highest BCUT2D eigenvalue weighted by atomic mass is 16.5. The Morgan fingerprint density at radius 1 is 0.429 bits per heavy atom. The second kappa shape index (κ2) is 55.3. The number of unbranched alkanes of at least 4 members (excludes halogenated alkanes) is 1. The molecule has 0 aliphatic rings. The summed E-state index contributed by atoms with van der Waals surface area (Å²) in [5.74, 6) is 0.673. The number of carbonyl (C=O) groups is 9. The molecule has 8 aromatic carbocycles. The molecule has 0 unspecified atom stereocenters. The smallest absolute Gasteiger partial charge is 0.280 e. The molecule has 8 aromatic rings. The van der Waals surface area contributed by atoms with E-state index in [0.717, 1.165) is 42.8 Å². The number of guanidine groups is 5. The number of nitrogens with zero attached hydrogens (tertiary/aromatic N) is 6. The molecular weight excluding hydrogens is 1430 g/mol. The number of nitrogens with one attached hydrogen (secondary N) is 2. The number of aliphatic imine (C=N–C) groups is 5. The van der Waals surface area contributed by atoms with Crippen molar-refractivity contribution >= 4 is 110 Å². The van der Waals surface area contributed by atoms with Gasteiger partial charge in [0.15, 0.2) is 70.3 Å². The number of amidine groups is 2. The fraction of sp³-hybridized carbons (Fsp3) is 0.235. The predicted octanol–water partition coefficient (Wildman–Crippen LogP) is 7.35.